The zero-order valence-electron chi connectivity index (χ0n) is 12.8. The van der Waals surface area contributed by atoms with Crippen LogP contribution in [0, 0.1) is 6.92 Å². The highest BCUT2D eigenvalue weighted by Gasteiger charge is 2.42. The van der Waals surface area contributed by atoms with Gasteiger partial charge in [0, 0.05) is 4.47 Å². The van der Waals surface area contributed by atoms with Gasteiger partial charge in [0.1, 0.15) is 5.60 Å². The van der Waals surface area contributed by atoms with Crippen molar-refractivity contribution in [2.75, 3.05) is 0 Å². The van der Waals surface area contributed by atoms with E-state index in [-0.39, 0.29) is 5.41 Å². The van der Waals surface area contributed by atoms with Gasteiger partial charge in [0.25, 0.3) is 0 Å². The van der Waals surface area contributed by atoms with Crippen LogP contribution in [0.5, 0.6) is 0 Å². The van der Waals surface area contributed by atoms with Crippen molar-refractivity contribution < 1.29 is 5.11 Å². The summed E-state index contributed by atoms with van der Waals surface area (Å²) in [6.07, 6.45) is 1.74. The van der Waals surface area contributed by atoms with E-state index in [4.69, 9.17) is 0 Å². The Kier molecular flexibility index (Phi) is 3.50. The van der Waals surface area contributed by atoms with Crippen LogP contribution in [0.15, 0.2) is 46.9 Å². The van der Waals surface area contributed by atoms with Crippen molar-refractivity contribution in [1.82, 2.24) is 0 Å². The van der Waals surface area contributed by atoms with E-state index in [0.717, 1.165) is 28.4 Å². The van der Waals surface area contributed by atoms with E-state index in [1.807, 2.05) is 30.3 Å². The molecule has 2 aromatic rings. The fourth-order valence-corrected chi connectivity index (χ4v) is 3.70. The second-order valence-corrected chi connectivity index (χ2v) is 7.61. The van der Waals surface area contributed by atoms with Crippen molar-refractivity contribution >= 4 is 15.9 Å². The third kappa shape index (κ3) is 2.35. The van der Waals surface area contributed by atoms with E-state index in [2.05, 4.69) is 48.8 Å². The molecule has 0 saturated heterocycles. The predicted octanol–water partition coefficient (Wildman–Crippen LogP) is 5.06. The Morgan fingerprint density at radius 3 is 2.33 bits per heavy atom. The third-order valence-electron chi connectivity index (χ3n) is 4.84. The minimum Gasteiger partial charge on any atom is -0.380 e. The molecule has 1 aliphatic carbocycles. The summed E-state index contributed by atoms with van der Waals surface area (Å²) >= 11 is 3.62. The summed E-state index contributed by atoms with van der Waals surface area (Å²) in [6.45, 7) is 6.64. The lowest BCUT2D eigenvalue weighted by Gasteiger charge is -2.43. The van der Waals surface area contributed by atoms with Gasteiger partial charge in [-0.1, -0.05) is 66.2 Å². The molecule has 0 heterocycles. The highest BCUT2D eigenvalue weighted by molar-refractivity contribution is 9.10. The first kappa shape index (κ1) is 14.8. The maximum Gasteiger partial charge on any atom is 0.115 e. The molecule has 0 radical (unpaired) electrons. The molecule has 2 aromatic carbocycles. The molecule has 21 heavy (non-hydrogen) atoms. The average molecular weight is 345 g/mol. The molecular formula is C19H21BrO. The number of aryl methyl sites for hydroxylation is 1. The van der Waals surface area contributed by atoms with Crippen molar-refractivity contribution in [3.05, 3.63) is 69.2 Å². The SMILES string of the molecule is Cc1cc2c(cc1Br)C(O)(c1ccccc1)CCC2(C)C. The molecule has 1 N–H and O–H groups in total. The maximum atomic E-state index is 11.4. The van der Waals surface area contributed by atoms with Crippen LogP contribution in [0.25, 0.3) is 0 Å². The molecule has 0 aliphatic heterocycles. The van der Waals surface area contributed by atoms with E-state index < -0.39 is 5.60 Å². The Morgan fingerprint density at radius 1 is 1.00 bits per heavy atom. The van der Waals surface area contributed by atoms with Crippen molar-refractivity contribution in [2.24, 2.45) is 0 Å². The molecule has 1 unspecified atom stereocenters. The normalized spacial score (nSPS) is 23.7. The molecule has 2 heteroatoms. The zero-order valence-corrected chi connectivity index (χ0v) is 14.4. The van der Waals surface area contributed by atoms with E-state index >= 15 is 0 Å². The van der Waals surface area contributed by atoms with Crippen molar-refractivity contribution in [2.45, 2.75) is 44.6 Å². The first-order chi connectivity index (χ1) is 9.84. The third-order valence-corrected chi connectivity index (χ3v) is 5.69. The summed E-state index contributed by atoms with van der Waals surface area (Å²) in [5.41, 5.74) is 3.73. The summed E-state index contributed by atoms with van der Waals surface area (Å²) in [5, 5.41) is 11.4. The lowest BCUT2D eigenvalue weighted by Crippen LogP contribution is -2.38. The lowest BCUT2D eigenvalue weighted by atomic mass is 9.64. The van der Waals surface area contributed by atoms with Crippen molar-refractivity contribution in [1.29, 1.82) is 0 Å². The molecule has 1 nitrogen and oxygen atoms in total. The van der Waals surface area contributed by atoms with Crippen LogP contribution in [0.4, 0.5) is 0 Å². The molecule has 0 spiro atoms. The summed E-state index contributed by atoms with van der Waals surface area (Å²) in [4.78, 5) is 0. The second-order valence-electron chi connectivity index (χ2n) is 6.76. The number of halogens is 1. The van der Waals surface area contributed by atoms with E-state index in [9.17, 15) is 5.11 Å². The fourth-order valence-electron chi connectivity index (χ4n) is 3.36. The van der Waals surface area contributed by atoms with Crippen LogP contribution < -0.4 is 0 Å². The topological polar surface area (TPSA) is 20.2 Å². The molecule has 0 bridgehead atoms. The Morgan fingerprint density at radius 2 is 1.67 bits per heavy atom. The number of hydrogen-bond acceptors (Lipinski definition) is 1. The summed E-state index contributed by atoms with van der Waals surface area (Å²) in [6, 6.07) is 14.4. The van der Waals surface area contributed by atoms with Gasteiger partial charge in [0.2, 0.25) is 0 Å². The number of fused-ring (bicyclic) bond motifs is 1. The van der Waals surface area contributed by atoms with E-state index in [1.54, 1.807) is 0 Å². The molecule has 0 saturated carbocycles. The minimum absolute atomic E-state index is 0.0990. The average Bonchev–Trinajstić information content (AvgIpc) is 2.47. The van der Waals surface area contributed by atoms with Gasteiger partial charge in [-0.25, -0.2) is 0 Å². The Bertz CT molecular complexity index is 675. The number of rotatable bonds is 1. The van der Waals surface area contributed by atoms with Crippen LogP contribution in [0.1, 0.15) is 48.9 Å². The number of aliphatic hydroxyl groups is 1. The van der Waals surface area contributed by atoms with Crippen molar-refractivity contribution in [3.8, 4) is 0 Å². The van der Waals surface area contributed by atoms with Gasteiger partial charge >= 0.3 is 0 Å². The predicted molar refractivity (Wildman–Crippen MR) is 90.6 cm³/mol. The first-order valence-electron chi connectivity index (χ1n) is 7.44. The molecule has 1 atom stereocenters. The highest BCUT2D eigenvalue weighted by Crippen LogP contribution is 2.49. The van der Waals surface area contributed by atoms with Gasteiger partial charge in [-0.05, 0) is 53.5 Å². The summed E-state index contributed by atoms with van der Waals surface area (Å²) in [5.74, 6) is 0. The molecule has 0 amide bonds. The van der Waals surface area contributed by atoms with Gasteiger partial charge in [-0.2, -0.15) is 0 Å². The minimum atomic E-state index is -0.887. The monoisotopic (exact) mass is 344 g/mol. The smallest absolute Gasteiger partial charge is 0.115 e. The van der Waals surface area contributed by atoms with Gasteiger partial charge in [-0.15, -0.1) is 0 Å². The zero-order chi connectivity index (χ0) is 15.3. The highest BCUT2D eigenvalue weighted by atomic mass is 79.9. The number of hydrogen-bond donors (Lipinski definition) is 1. The summed E-state index contributed by atoms with van der Waals surface area (Å²) < 4.78 is 1.06. The van der Waals surface area contributed by atoms with E-state index in [1.165, 1.54) is 11.1 Å². The van der Waals surface area contributed by atoms with Gasteiger partial charge in [0.05, 0.1) is 0 Å². The standard InChI is InChI=1S/C19H21BrO/c1-13-11-15-16(12-17(13)20)19(21,10-9-18(15,2)3)14-7-5-4-6-8-14/h4-8,11-12,21H,9-10H2,1-3H3. The molecule has 0 fully saturated rings. The fraction of sp³-hybridized carbons (Fsp3) is 0.368. The van der Waals surface area contributed by atoms with Crippen LogP contribution in [-0.4, -0.2) is 5.11 Å². The Labute approximate surface area is 135 Å². The molecule has 0 aromatic heterocycles. The van der Waals surface area contributed by atoms with Gasteiger partial charge in [0.15, 0.2) is 0 Å². The Balaban J connectivity index is 2.27. The van der Waals surface area contributed by atoms with Crippen LogP contribution in [0.2, 0.25) is 0 Å². The van der Waals surface area contributed by atoms with Crippen molar-refractivity contribution in [3.63, 3.8) is 0 Å². The Hall–Kier alpha value is -1.12. The molecule has 3 rings (SSSR count). The van der Waals surface area contributed by atoms with E-state index in [0.29, 0.717) is 0 Å². The van der Waals surface area contributed by atoms with Gasteiger partial charge < -0.3 is 5.11 Å². The van der Waals surface area contributed by atoms with Crippen LogP contribution in [0.3, 0.4) is 0 Å². The maximum absolute atomic E-state index is 11.4. The largest absolute Gasteiger partial charge is 0.380 e. The lowest BCUT2D eigenvalue weighted by molar-refractivity contribution is 0.0495. The quantitative estimate of drug-likeness (QED) is 0.766. The molecule has 1 aliphatic rings. The second kappa shape index (κ2) is 4.96. The molecule has 110 valence electrons. The van der Waals surface area contributed by atoms with Gasteiger partial charge in [-0.3, -0.25) is 0 Å². The summed E-state index contributed by atoms with van der Waals surface area (Å²) in [7, 11) is 0. The first-order valence-corrected chi connectivity index (χ1v) is 8.23. The number of benzene rings is 2. The van der Waals surface area contributed by atoms with Crippen LogP contribution in [-0.2, 0) is 11.0 Å². The van der Waals surface area contributed by atoms with Crippen LogP contribution >= 0.6 is 15.9 Å². The molecular weight excluding hydrogens is 324 g/mol.